The minimum absolute atomic E-state index is 0.0365. The number of benzene rings is 1. The van der Waals surface area contributed by atoms with Gasteiger partial charge in [0.2, 0.25) is 5.91 Å². The summed E-state index contributed by atoms with van der Waals surface area (Å²) in [4.78, 5) is 13.4. The van der Waals surface area contributed by atoms with Crippen molar-refractivity contribution in [1.82, 2.24) is 16.0 Å². The van der Waals surface area contributed by atoms with Crippen LogP contribution in [0.2, 0.25) is 0 Å². The summed E-state index contributed by atoms with van der Waals surface area (Å²) in [6.45, 7) is 10.4. The van der Waals surface area contributed by atoms with E-state index in [4.69, 9.17) is 0 Å². The van der Waals surface area contributed by atoms with Crippen LogP contribution in [0, 0.1) is 6.92 Å². The molecule has 4 nitrogen and oxygen atoms in total. The fourth-order valence-electron chi connectivity index (χ4n) is 2.63. The summed E-state index contributed by atoms with van der Waals surface area (Å²) in [6.07, 6.45) is 0.926. The Labute approximate surface area is 161 Å². The lowest BCUT2D eigenvalue weighted by atomic mass is 10.0. The van der Waals surface area contributed by atoms with Crippen molar-refractivity contribution < 1.29 is 4.79 Å². The standard InChI is InChI=1S/C21H31N3OS/c1-16-8-10-17(11-9-16)20(18-7-5-14-26-18)23-15-19(25)22-12-6-13-24-21(2,3)4/h5,7-11,14,20,23-24H,6,12-13,15H2,1-4H3,(H,22,25)/t20-/m1/s1. The van der Waals surface area contributed by atoms with Gasteiger partial charge < -0.3 is 10.6 Å². The maximum Gasteiger partial charge on any atom is 0.233 e. The van der Waals surface area contributed by atoms with E-state index in [0.29, 0.717) is 13.1 Å². The van der Waals surface area contributed by atoms with Crippen LogP contribution in [0.15, 0.2) is 41.8 Å². The molecule has 1 aromatic heterocycles. The van der Waals surface area contributed by atoms with E-state index in [0.717, 1.165) is 13.0 Å². The smallest absolute Gasteiger partial charge is 0.233 e. The number of aryl methyl sites for hydroxylation is 1. The number of amides is 1. The van der Waals surface area contributed by atoms with Crippen LogP contribution >= 0.6 is 11.3 Å². The number of thiophene rings is 1. The van der Waals surface area contributed by atoms with E-state index in [9.17, 15) is 4.79 Å². The van der Waals surface area contributed by atoms with Crippen LogP contribution in [0.3, 0.4) is 0 Å². The molecular formula is C21H31N3OS. The molecule has 0 saturated heterocycles. The van der Waals surface area contributed by atoms with E-state index in [1.165, 1.54) is 16.0 Å². The molecule has 0 aliphatic rings. The van der Waals surface area contributed by atoms with Gasteiger partial charge in [-0.05, 0) is 57.7 Å². The van der Waals surface area contributed by atoms with Gasteiger partial charge in [0.1, 0.15) is 0 Å². The summed E-state index contributed by atoms with van der Waals surface area (Å²) in [5, 5.41) is 11.9. The molecule has 5 heteroatoms. The molecular weight excluding hydrogens is 342 g/mol. The largest absolute Gasteiger partial charge is 0.355 e. The van der Waals surface area contributed by atoms with Crippen LogP contribution in [0.4, 0.5) is 0 Å². The lowest BCUT2D eigenvalue weighted by Crippen LogP contribution is -2.39. The molecule has 0 saturated carbocycles. The molecule has 0 aliphatic carbocycles. The van der Waals surface area contributed by atoms with Gasteiger partial charge in [-0.15, -0.1) is 11.3 Å². The number of hydrogen-bond donors (Lipinski definition) is 3. The van der Waals surface area contributed by atoms with E-state index in [-0.39, 0.29) is 17.5 Å². The maximum absolute atomic E-state index is 12.2. The molecule has 2 rings (SSSR count). The first-order chi connectivity index (χ1) is 12.3. The third-order valence-corrected chi connectivity index (χ3v) is 4.97. The molecule has 1 atom stereocenters. The van der Waals surface area contributed by atoms with Gasteiger partial charge in [-0.25, -0.2) is 0 Å². The molecule has 0 unspecified atom stereocenters. The zero-order valence-electron chi connectivity index (χ0n) is 16.3. The third kappa shape index (κ3) is 7.28. The van der Waals surface area contributed by atoms with Crippen LogP contribution in [-0.2, 0) is 4.79 Å². The van der Waals surface area contributed by atoms with Gasteiger partial charge in [-0.2, -0.15) is 0 Å². The zero-order valence-corrected chi connectivity index (χ0v) is 17.1. The van der Waals surface area contributed by atoms with Gasteiger partial charge in [0.25, 0.3) is 0 Å². The highest BCUT2D eigenvalue weighted by Crippen LogP contribution is 2.26. The number of carbonyl (C=O) groups is 1. The molecule has 1 heterocycles. The van der Waals surface area contributed by atoms with E-state index >= 15 is 0 Å². The van der Waals surface area contributed by atoms with Crippen molar-refractivity contribution in [3.63, 3.8) is 0 Å². The molecule has 1 aromatic carbocycles. The van der Waals surface area contributed by atoms with Crippen LogP contribution in [-0.4, -0.2) is 31.1 Å². The highest BCUT2D eigenvalue weighted by Gasteiger charge is 2.16. The molecule has 142 valence electrons. The Hall–Kier alpha value is -1.69. The van der Waals surface area contributed by atoms with Crippen molar-refractivity contribution in [3.05, 3.63) is 57.8 Å². The summed E-state index contributed by atoms with van der Waals surface area (Å²) in [5.41, 5.74) is 2.54. The highest BCUT2D eigenvalue weighted by molar-refractivity contribution is 7.10. The monoisotopic (exact) mass is 373 g/mol. The van der Waals surface area contributed by atoms with Gasteiger partial charge in [0.15, 0.2) is 0 Å². The predicted octanol–water partition coefficient (Wildman–Crippen LogP) is 3.63. The zero-order chi connectivity index (χ0) is 19.0. The molecule has 0 fully saturated rings. The lowest BCUT2D eigenvalue weighted by Gasteiger charge is -2.20. The van der Waals surface area contributed by atoms with Crippen LogP contribution in [0.5, 0.6) is 0 Å². The maximum atomic E-state index is 12.2. The number of carbonyl (C=O) groups excluding carboxylic acids is 1. The minimum Gasteiger partial charge on any atom is -0.355 e. The van der Waals surface area contributed by atoms with Gasteiger partial charge in [0.05, 0.1) is 12.6 Å². The van der Waals surface area contributed by atoms with Gasteiger partial charge in [0, 0.05) is 17.0 Å². The van der Waals surface area contributed by atoms with E-state index < -0.39 is 0 Å². The topological polar surface area (TPSA) is 53.2 Å². The second-order valence-corrected chi connectivity index (χ2v) is 8.60. The average Bonchev–Trinajstić information content (AvgIpc) is 3.09. The van der Waals surface area contributed by atoms with Crippen LogP contribution in [0.25, 0.3) is 0 Å². The normalized spacial score (nSPS) is 12.8. The summed E-state index contributed by atoms with van der Waals surface area (Å²) in [6, 6.07) is 12.7. The Kier molecular flexibility index (Phi) is 7.82. The summed E-state index contributed by atoms with van der Waals surface area (Å²) in [7, 11) is 0. The molecule has 3 N–H and O–H groups in total. The molecule has 0 radical (unpaired) electrons. The Morgan fingerprint density at radius 2 is 1.85 bits per heavy atom. The molecule has 0 spiro atoms. The number of nitrogens with one attached hydrogen (secondary N) is 3. The summed E-state index contributed by atoms with van der Waals surface area (Å²) < 4.78 is 0. The fourth-order valence-corrected chi connectivity index (χ4v) is 3.46. The van der Waals surface area contributed by atoms with E-state index in [1.807, 2.05) is 6.07 Å². The number of rotatable bonds is 9. The van der Waals surface area contributed by atoms with Gasteiger partial charge >= 0.3 is 0 Å². The van der Waals surface area contributed by atoms with Crippen molar-refractivity contribution in [3.8, 4) is 0 Å². The van der Waals surface area contributed by atoms with E-state index in [2.05, 4.69) is 79.4 Å². The van der Waals surface area contributed by atoms with Crippen molar-refractivity contribution in [2.24, 2.45) is 0 Å². The second kappa shape index (κ2) is 9.86. The van der Waals surface area contributed by atoms with Gasteiger partial charge in [-0.3, -0.25) is 10.1 Å². The summed E-state index contributed by atoms with van der Waals surface area (Å²) in [5.74, 6) is 0.0365. The molecule has 2 aromatic rings. The Bertz CT molecular complexity index is 660. The first-order valence-corrected chi connectivity index (χ1v) is 10.1. The molecule has 0 aliphatic heterocycles. The third-order valence-electron chi connectivity index (χ3n) is 4.04. The average molecular weight is 374 g/mol. The number of hydrogen-bond acceptors (Lipinski definition) is 4. The van der Waals surface area contributed by atoms with Crippen molar-refractivity contribution in [2.45, 2.75) is 45.7 Å². The first kappa shape index (κ1) is 20.6. The van der Waals surface area contributed by atoms with E-state index in [1.54, 1.807) is 11.3 Å². The SMILES string of the molecule is Cc1ccc([C@@H](NCC(=O)NCCCNC(C)(C)C)c2cccs2)cc1. The first-order valence-electron chi connectivity index (χ1n) is 9.20. The quantitative estimate of drug-likeness (QED) is 0.588. The van der Waals surface area contributed by atoms with Crippen LogP contribution < -0.4 is 16.0 Å². The Morgan fingerprint density at radius 1 is 1.12 bits per heavy atom. The lowest BCUT2D eigenvalue weighted by molar-refractivity contribution is -0.120. The van der Waals surface area contributed by atoms with Crippen LogP contribution in [0.1, 0.15) is 49.2 Å². The van der Waals surface area contributed by atoms with Crippen molar-refractivity contribution in [2.75, 3.05) is 19.6 Å². The Morgan fingerprint density at radius 3 is 2.46 bits per heavy atom. The highest BCUT2D eigenvalue weighted by atomic mass is 32.1. The summed E-state index contributed by atoms with van der Waals surface area (Å²) >= 11 is 1.71. The van der Waals surface area contributed by atoms with Crippen molar-refractivity contribution >= 4 is 17.2 Å². The van der Waals surface area contributed by atoms with Gasteiger partial charge in [-0.1, -0.05) is 35.9 Å². The van der Waals surface area contributed by atoms with Crippen molar-refractivity contribution in [1.29, 1.82) is 0 Å². The fraction of sp³-hybridized carbons (Fsp3) is 0.476. The second-order valence-electron chi connectivity index (χ2n) is 7.62. The minimum atomic E-state index is 0.0365. The molecule has 26 heavy (non-hydrogen) atoms. The Balaban J connectivity index is 1.82. The molecule has 1 amide bonds. The molecule has 0 bridgehead atoms. The predicted molar refractivity (Wildman–Crippen MR) is 111 cm³/mol.